The lowest BCUT2D eigenvalue weighted by molar-refractivity contribution is 0.583. The molecule has 3 heteroatoms. The molecule has 3 aromatic heterocycles. The molecule has 238 valence electrons. The second kappa shape index (κ2) is 10.8. The highest BCUT2D eigenvalue weighted by Gasteiger charge is 2.22. The molecule has 11 aromatic rings. The number of furan rings is 3. The molecule has 0 aliphatic carbocycles. The number of rotatable bonds is 4. The minimum absolute atomic E-state index is 0.860. The van der Waals surface area contributed by atoms with E-state index in [9.17, 15) is 0 Å². The van der Waals surface area contributed by atoms with Crippen LogP contribution in [0.15, 0.2) is 184 Å². The predicted molar refractivity (Wildman–Crippen MR) is 210 cm³/mol. The van der Waals surface area contributed by atoms with Gasteiger partial charge in [0.2, 0.25) is 0 Å². The van der Waals surface area contributed by atoms with Gasteiger partial charge in [-0.25, -0.2) is 0 Å². The quantitative estimate of drug-likeness (QED) is 0.178. The second-order valence-electron chi connectivity index (χ2n) is 13.1. The molecule has 0 unspecified atom stereocenters. The fourth-order valence-electron chi connectivity index (χ4n) is 8.42. The van der Waals surface area contributed by atoms with Gasteiger partial charge >= 0.3 is 0 Å². The van der Waals surface area contributed by atoms with Crippen LogP contribution in [0.25, 0.3) is 110 Å². The zero-order valence-electron chi connectivity index (χ0n) is 27.4. The van der Waals surface area contributed by atoms with Gasteiger partial charge in [0, 0.05) is 21.9 Å². The lowest BCUT2D eigenvalue weighted by atomic mass is 9.86. The van der Waals surface area contributed by atoms with Crippen molar-refractivity contribution in [1.29, 1.82) is 0 Å². The molecule has 0 bridgehead atoms. The van der Waals surface area contributed by atoms with Gasteiger partial charge in [-0.2, -0.15) is 0 Å². The summed E-state index contributed by atoms with van der Waals surface area (Å²) < 4.78 is 18.7. The largest absolute Gasteiger partial charge is 0.464 e. The average Bonchev–Trinajstić information content (AvgIpc) is 3.98. The monoisotopic (exact) mass is 652 g/mol. The van der Waals surface area contributed by atoms with E-state index in [4.69, 9.17) is 13.3 Å². The van der Waals surface area contributed by atoms with Crippen molar-refractivity contribution in [2.75, 3.05) is 0 Å². The third-order valence-corrected chi connectivity index (χ3v) is 10.5. The molecule has 0 saturated carbocycles. The maximum Gasteiger partial charge on any atom is 0.136 e. The van der Waals surface area contributed by atoms with Crippen LogP contribution in [0.3, 0.4) is 0 Å². The molecule has 0 saturated heterocycles. The molecule has 0 N–H and O–H groups in total. The van der Waals surface area contributed by atoms with Crippen LogP contribution in [0.2, 0.25) is 0 Å². The van der Waals surface area contributed by atoms with Crippen molar-refractivity contribution in [2.45, 2.75) is 0 Å². The Morgan fingerprint density at radius 1 is 0.314 bits per heavy atom. The van der Waals surface area contributed by atoms with E-state index >= 15 is 0 Å². The summed E-state index contributed by atoms with van der Waals surface area (Å²) in [6.07, 6.45) is 3.49. The van der Waals surface area contributed by atoms with E-state index in [0.29, 0.717) is 0 Å². The molecule has 0 aliphatic rings. The highest BCUT2D eigenvalue weighted by Crippen LogP contribution is 2.48. The Bertz CT molecular complexity index is 3010. The topological polar surface area (TPSA) is 39.4 Å². The minimum atomic E-state index is 0.860. The van der Waals surface area contributed by atoms with Crippen molar-refractivity contribution in [3.05, 3.63) is 170 Å². The van der Waals surface area contributed by atoms with Gasteiger partial charge in [0.15, 0.2) is 0 Å². The molecule has 0 spiro atoms. The first-order valence-corrected chi connectivity index (χ1v) is 17.2. The first-order valence-electron chi connectivity index (χ1n) is 17.2. The fraction of sp³-hybridized carbons (Fsp3) is 0. The van der Waals surface area contributed by atoms with Crippen LogP contribution in [0.1, 0.15) is 0 Å². The molecule has 51 heavy (non-hydrogen) atoms. The Morgan fingerprint density at radius 3 is 1.25 bits per heavy atom. The molecule has 3 heterocycles. The molecule has 3 nitrogen and oxygen atoms in total. The zero-order chi connectivity index (χ0) is 33.5. The number of fused-ring (bicyclic) bond motifs is 7. The summed E-state index contributed by atoms with van der Waals surface area (Å²) in [5, 5.41) is 11.5. The van der Waals surface area contributed by atoms with E-state index in [0.717, 1.165) is 77.3 Å². The van der Waals surface area contributed by atoms with Crippen LogP contribution in [-0.2, 0) is 0 Å². The minimum Gasteiger partial charge on any atom is -0.464 e. The average molecular weight is 653 g/mol. The highest BCUT2D eigenvalue weighted by molar-refractivity contribution is 6.26. The normalized spacial score (nSPS) is 11.9. The van der Waals surface area contributed by atoms with Crippen LogP contribution in [0.5, 0.6) is 0 Å². The first kappa shape index (κ1) is 28.0. The molecular weight excluding hydrogens is 625 g/mol. The zero-order valence-corrected chi connectivity index (χ0v) is 27.4. The lowest BCUT2D eigenvalue weighted by Crippen LogP contribution is -1.90. The second-order valence-corrected chi connectivity index (χ2v) is 13.1. The van der Waals surface area contributed by atoms with Gasteiger partial charge in [-0.15, -0.1) is 0 Å². The summed E-state index contributed by atoms with van der Waals surface area (Å²) in [6, 6.07) is 55.7. The Hall–Kier alpha value is -6.84. The maximum atomic E-state index is 6.76. The van der Waals surface area contributed by atoms with Crippen molar-refractivity contribution < 1.29 is 13.3 Å². The number of hydrogen-bond donors (Lipinski definition) is 0. The predicted octanol–water partition coefficient (Wildman–Crippen LogP) is 14.1. The summed E-state index contributed by atoms with van der Waals surface area (Å²) >= 11 is 0. The van der Waals surface area contributed by atoms with Crippen molar-refractivity contribution in [3.63, 3.8) is 0 Å². The van der Waals surface area contributed by atoms with E-state index in [1.165, 1.54) is 32.7 Å². The molecule has 8 aromatic carbocycles. The molecule has 0 amide bonds. The van der Waals surface area contributed by atoms with Crippen LogP contribution in [0, 0.1) is 0 Å². The summed E-state index contributed by atoms with van der Waals surface area (Å²) in [4.78, 5) is 0. The molecular formula is C48H28O3. The number of hydrogen-bond acceptors (Lipinski definition) is 3. The third kappa shape index (κ3) is 4.06. The molecule has 0 radical (unpaired) electrons. The first-order chi connectivity index (χ1) is 25.3. The Morgan fingerprint density at radius 2 is 0.784 bits per heavy atom. The van der Waals surface area contributed by atoms with Crippen molar-refractivity contribution in [1.82, 2.24) is 0 Å². The SMILES string of the molecule is c1coc(-c2c3ccccc3c(-c3ccc4c(c3)oc3cccc(-c5c6ccccc6c(-c6ccco6)c6ccccc56)c34)c3ccccc23)c1. The molecule has 0 fully saturated rings. The van der Waals surface area contributed by atoms with Gasteiger partial charge in [0.1, 0.15) is 22.7 Å². The molecule has 0 atom stereocenters. The van der Waals surface area contributed by atoms with E-state index < -0.39 is 0 Å². The lowest BCUT2D eigenvalue weighted by Gasteiger charge is -2.17. The van der Waals surface area contributed by atoms with Crippen LogP contribution in [-0.4, -0.2) is 0 Å². The van der Waals surface area contributed by atoms with Gasteiger partial charge in [-0.3, -0.25) is 0 Å². The Kier molecular flexibility index (Phi) is 5.96. The van der Waals surface area contributed by atoms with Gasteiger partial charge in [0.25, 0.3) is 0 Å². The van der Waals surface area contributed by atoms with E-state index in [1.54, 1.807) is 12.5 Å². The fourth-order valence-corrected chi connectivity index (χ4v) is 8.42. The third-order valence-electron chi connectivity index (χ3n) is 10.5. The highest BCUT2D eigenvalue weighted by atomic mass is 16.3. The van der Waals surface area contributed by atoms with Crippen LogP contribution in [0.4, 0.5) is 0 Å². The van der Waals surface area contributed by atoms with Crippen LogP contribution >= 0.6 is 0 Å². The summed E-state index contributed by atoms with van der Waals surface area (Å²) in [5.74, 6) is 1.73. The van der Waals surface area contributed by atoms with Crippen LogP contribution < -0.4 is 0 Å². The Balaban J connectivity index is 1.19. The smallest absolute Gasteiger partial charge is 0.136 e. The van der Waals surface area contributed by atoms with E-state index in [1.807, 2.05) is 24.3 Å². The Labute approximate surface area is 292 Å². The summed E-state index contributed by atoms with van der Waals surface area (Å²) in [5.41, 5.74) is 8.59. The molecule has 11 rings (SSSR count). The van der Waals surface area contributed by atoms with E-state index in [-0.39, 0.29) is 0 Å². The van der Waals surface area contributed by atoms with E-state index in [2.05, 4.69) is 133 Å². The van der Waals surface area contributed by atoms with Crippen molar-refractivity contribution in [2.24, 2.45) is 0 Å². The molecule has 0 aliphatic heterocycles. The van der Waals surface area contributed by atoms with Crippen molar-refractivity contribution in [3.8, 4) is 44.9 Å². The number of benzene rings is 8. The summed E-state index contributed by atoms with van der Waals surface area (Å²) in [7, 11) is 0. The maximum absolute atomic E-state index is 6.76. The standard InChI is InChI=1S/C48H28O3/c1-5-16-34-30(12-1)44(31-13-2-6-17-35(31)46(34)40-22-10-26-49-40)29-24-25-38-43(28-29)51-42-21-9-20-39(48(38)42)45-32-14-3-7-18-36(32)47(41-23-11-27-50-41)37-19-8-4-15-33(37)45/h1-28H. The summed E-state index contributed by atoms with van der Waals surface area (Å²) in [6.45, 7) is 0. The van der Waals surface area contributed by atoms with Crippen molar-refractivity contribution >= 4 is 65.0 Å². The van der Waals surface area contributed by atoms with Gasteiger partial charge in [-0.05, 0) is 108 Å². The van der Waals surface area contributed by atoms with Gasteiger partial charge in [0.05, 0.1) is 12.5 Å². The van der Waals surface area contributed by atoms with Gasteiger partial charge < -0.3 is 13.3 Å². The van der Waals surface area contributed by atoms with Gasteiger partial charge in [-0.1, -0.05) is 115 Å².